The number of rotatable bonds is 3. The largest absolute Gasteiger partial charge is 0.389 e. The SMILES string of the molecule is Cc1cc(Br)cc(C)c1Nc1nccc(C)c1C(N)=S. The fourth-order valence-electron chi connectivity index (χ4n) is 2.19. The number of nitrogens with two attached hydrogens (primary N) is 1. The summed E-state index contributed by atoms with van der Waals surface area (Å²) in [5.74, 6) is 0.700. The van der Waals surface area contributed by atoms with E-state index in [4.69, 9.17) is 18.0 Å². The maximum absolute atomic E-state index is 5.81. The zero-order valence-electron chi connectivity index (χ0n) is 11.6. The van der Waals surface area contributed by atoms with Crippen molar-refractivity contribution in [2.24, 2.45) is 5.73 Å². The molecule has 0 aliphatic rings. The lowest BCUT2D eigenvalue weighted by Crippen LogP contribution is -2.15. The third kappa shape index (κ3) is 2.99. The van der Waals surface area contributed by atoms with Crippen LogP contribution in [0.2, 0.25) is 0 Å². The van der Waals surface area contributed by atoms with Gasteiger partial charge in [-0.3, -0.25) is 0 Å². The number of hydrogen-bond donors (Lipinski definition) is 2. The van der Waals surface area contributed by atoms with Gasteiger partial charge in [-0.2, -0.15) is 0 Å². The molecule has 0 fully saturated rings. The van der Waals surface area contributed by atoms with E-state index in [1.165, 1.54) is 0 Å². The second-order valence-corrected chi connectivity index (χ2v) is 6.11. The van der Waals surface area contributed by atoms with Crippen LogP contribution < -0.4 is 11.1 Å². The van der Waals surface area contributed by atoms with Crippen molar-refractivity contribution in [2.75, 3.05) is 5.32 Å². The predicted octanol–water partition coefficient (Wildman–Crippen LogP) is 4.15. The normalized spacial score (nSPS) is 10.4. The van der Waals surface area contributed by atoms with Crippen molar-refractivity contribution in [1.82, 2.24) is 4.98 Å². The first kappa shape index (κ1) is 14.9. The molecule has 0 radical (unpaired) electrons. The molecule has 0 aliphatic heterocycles. The summed E-state index contributed by atoms with van der Waals surface area (Å²) in [6.45, 7) is 6.08. The molecule has 104 valence electrons. The topological polar surface area (TPSA) is 50.9 Å². The minimum atomic E-state index is 0.352. The minimum Gasteiger partial charge on any atom is -0.389 e. The number of nitrogens with one attached hydrogen (secondary N) is 1. The molecular weight excluding hydrogens is 334 g/mol. The average molecular weight is 350 g/mol. The second-order valence-electron chi connectivity index (χ2n) is 4.76. The summed E-state index contributed by atoms with van der Waals surface area (Å²) in [6, 6.07) is 6.03. The summed E-state index contributed by atoms with van der Waals surface area (Å²) in [7, 11) is 0. The highest BCUT2D eigenvalue weighted by Crippen LogP contribution is 2.29. The van der Waals surface area contributed by atoms with E-state index < -0.39 is 0 Å². The Morgan fingerprint density at radius 2 is 1.80 bits per heavy atom. The highest BCUT2D eigenvalue weighted by Gasteiger charge is 2.12. The predicted molar refractivity (Wildman–Crippen MR) is 91.8 cm³/mol. The number of halogens is 1. The summed E-state index contributed by atoms with van der Waals surface area (Å²) in [5, 5.41) is 3.36. The number of pyridine rings is 1. The number of anilines is 2. The van der Waals surface area contributed by atoms with Crippen molar-refractivity contribution in [3.8, 4) is 0 Å². The van der Waals surface area contributed by atoms with Crippen LogP contribution in [0.5, 0.6) is 0 Å². The molecule has 2 aromatic rings. The maximum atomic E-state index is 5.81. The van der Waals surface area contributed by atoms with E-state index in [1.54, 1.807) is 6.20 Å². The van der Waals surface area contributed by atoms with Gasteiger partial charge < -0.3 is 11.1 Å². The van der Waals surface area contributed by atoms with Gasteiger partial charge in [-0.1, -0.05) is 28.1 Å². The Labute approximate surface area is 132 Å². The first-order valence-corrected chi connectivity index (χ1v) is 7.39. The molecular formula is C15H16BrN3S. The van der Waals surface area contributed by atoms with E-state index in [0.717, 1.165) is 32.4 Å². The average Bonchev–Trinajstić information content (AvgIpc) is 2.33. The van der Waals surface area contributed by atoms with Gasteiger partial charge in [-0.05, 0) is 55.7 Å². The van der Waals surface area contributed by atoms with Crippen LogP contribution in [0.25, 0.3) is 0 Å². The Morgan fingerprint density at radius 3 is 2.35 bits per heavy atom. The molecule has 20 heavy (non-hydrogen) atoms. The number of thiocarbonyl (C=S) groups is 1. The Bertz CT molecular complexity index is 660. The van der Waals surface area contributed by atoms with Gasteiger partial charge in [0, 0.05) is 16.4 Å². The van der Waals surface area contributed by atoms with Crippen LogP contribution in [0.1, 0.15) is 22.3 Å². The molecule has 0 spiro atoms. The fraction of sp³-hybridized carbons (Fsp3) is 0.200. The van der Waals surface area contributed by atoms with Crippen LogP contribution in [0.4, 0.5) is 11.5 Å². The second kappa shape index (κ2) is 5.89. The van der Waals surface area contributed by atoms with Crippen LogP contribution >= 0.6 is 28.1 Å². The number of aromatic nitrogens is 1. The van der Waals surface area contributed by atoms with E-state index in [0.29, 0.717) is 10.8 Å². The highest BCUT2D eigenvalue weighted by atomic mass is 79.9. The Balaban J connectivity index is 2.51. The van der Waals surface area contributed by atoms with Crippen molar-refractivity contribution in [1.29, 1.82) is 0 Å². The first-order valence-electron chi connectivity index (χ1n) is 6.19. The number of benzene rings is 1. The van der Waals surface area contributed by atoms with Gasteiger partial charge in [0.15, 0.2) is 0 Å². The summed E-state index contributed by atoms with van der Waals surface area (Å²) >= 11 is 8.63. The standard InChI is InChI=1S/C15H16BrN3S/c1-8-4-5-18-15(12(8)14(17)20)19-13-9(2)6-11(16)7-10(13)3/h4-7H,1-3H3,(H2,17,20)(H,18,19). The summed E-state index contributed by atoms with van der Waals surface area (Å²) in [6.07, 6.45) is 1.75. The molecule has 0 bridgehead atoms. The molecule has 1 aromatic heterocycles. The van der Waals surface area contributed by atoms with E-state index in [-0.39, 0.29) is 0 Å². The van der Waals surface area contributed by atoms with Crippen LogP contribution in [0, 0.1) is 20.8 Å². The highest BCUT2D eigenvalue weighted by molar-refractivity contribution is 9.10. The zero-order valence-corrected chi connectivity index (χ0v) is 14.0. The van der Waals surface area contributed by atoms with Gasteiger partial charge in [0.2, 0.25) is 0 Å². The molecule has 0 atom stereocenters. The number of aryl methyl sites for hydroxylation is 3. The molecule has 0 aliphatic carbocycles. The van der Waals surface area contributed by atoms with Gasteiger partial charge in [-0.15, -0.1) is 0 Å². The van der Waals surface area contributed by atoms with Crippen LogP contribution in [0.3, 0.4) is 0 Å². The molecule has 3 N–H and O–H groups in total. The van der Waals surface area contributed by atoms with Gasteiger partial charge in [0.05, 0.1) is 5.56 Å². The lowest BCUT2D eigenvalue weighted by molar-refractivity contribution is 1.24. The fourth-order valence-corrected chi connectivity index (χ4v) is 3.13. The van der Waals surface area contributed by atoms with Crippen molar-refractivity contribution in [3.63, 3.8) is 0 Å². The lowest BCUT2D eigenvalue weighted by atomic mass is 10.1. The molecule has 0 amide bonds. The Kier molecular flexibility index (Phi) is 4.40. The third-order valence-electron chi connectivity index (χ3n) is 3.15. The van der Waals surface area contributed by atoms with E-state index >= 15 is 0 Å². The minimum absolute atomic E-state index is 0.352. The van der Waals surface area contributed by atoms with Crippen molar-refractivity contribution >= 4 is 44.6 Å². The van der Waals surface area contributed by atoms with E-state index in [9.17, 15) is 0 Å². The quantitative estimate of drug-likeness (QED) is 0.817. The van der Waals surface area contributed by atoms with Gasteiger partial charge in [-0.25, -0.2) is 4.98 Å². The monoisotopic (exact) mass is 349 g/mol. The first-order chi connectivity index (χ1) is 9.40. The molecule has 1 aromatic carbocycles. The number of nitrogens with zero attached hydrogens (tertiary/aromatic N) is 1. The van der Waals surface area contributed by atoms with E-state index in [1.807, 2.05) is 13.0 Å². The van der Waals surface area contributed by atoms with Crippen molar-refractivity contribution in [2.45, 2.75) is 20.8 Å². The van der Waals surface area contributed by atoms with Crippen LogP contribution in [0.15, 0.2) is 28.9 Å². The molecule has 0 saturated heterocycles. The lowest BCUT2D eigenvalue weighted by Gasteiger charge is -2.16. The summed E-state index contributed by atoms with van der Waals surface area (Å²) < 4.78 is 1.06. The van der Waals surface area contributed by atoms with Crippen molar-refractivity contribution in [3.05, 3.63) is 51.1 Å². The third-order valence-corrected chi connectivity index (χ3v) is 3.81. The Morgan fingerprint density at radius 1 is 1.20 bits per heavy atom. The summed E-state index contributed by atoms with van der Waals surface area (Å²) in [5.41, 5.74) is 10.9. The van der Waals surface area contributed by atoms with Crippen LogP contribution in [-0.2, 0) is 0 Å². The smallest absolute Gasteiger partial charge is 0.140 e. The molecule has 0 unspecified atom stereocenters. The van der Waals surface area contributed by atoms with Gasteiger partial charge in [0.1, 0.15) is 10.8 Å². The number of hydrogen-bond acceptors (Lipinski definition) is 3. The molecule has 5 heteroatoms. The van der Waals surface area contributed by atoms with E-state index in [2.05, 4.69) is 52.2 Å². The Hall–Kier alpha value is -1.46. The summed E-state index contributed by atoms with van der Waals surface area (Å²) in [4.78, 5) is 4.72. The zero-order chi connectivity index (χ0) is 14.9. The molecule has 2 rings (SSSR count). The molecule has 1 heterocycles. The molecule has 0 saturated carbocycles. The molecule has 3 nitrogen and oxygen atoms in total. The van der Waals surface area contributed by atoms with Gasteiger partial charge >= 0.3 is 0 Å². The van der Waals surface area contributed by atoms with Gasteiger partial charge in [0.25, 0.3) is 0 Å². The maximum Gasteiger partial charge on any atom is 0.140 e. The van der Waals surface area contributed by atoms with Crippen LogP contribution in [-0.4, -0.2) is 9.97 Å². The van der Waals surface area contributed by atoms with Crippen molar-refractivity contribution < 1.29 is 0 Å².